The molecular formula is C27H42O3. The fraction of sp³-hybridized carbons (Fsp3) is 0.704. The van der Waals surface area contributed by atoms with E-state index in [0.29, 0.717) is 11.8 Å². The highest BCUT2D eigenvalue weighted by atomic mass is 16.5. The molecule has 0 heterocycles. The van der Waals surface area contributed by atoms with Gasteiger partial charge in [-0.15, -0.1) is 0 Å². The Morgan fingerprint density at radius 2 is 1.70 bits per heavy atom. The van der Waals surface area contributed by atoms with Gasteiger partial charge in [-0.1, -0.05) is 66.4 Å². The predicted molar refractivity (Wildman–Crippen MR) is 125 cm³/mol. The van der Waals surface area contributed by atoms with Gasteiger partial charge in [0.15, 0.2) is 0 Å². The summed E-state index contributed by atoms with van der Waals surface area (Å²) in [5.41, 5.74) is 3.88. The largest absolute Gasteiger partial charge is 0.496 e. The molecule has 1 aromatic rings. The van der Waals surface area contributed by atoms with Crippen molar-refractivity contribution in [2.45, 2.75) is 84.5 Å². The minimum absolute atomic E-state index is 0.0757. The van der Waals surface area contributed by atoms with Crippen LogP contribution in [-0.4, -0.2) is 25.9 Å². The smallest absolute Gasteiger partial charge is 0.126 e. The molecule has 1 fully saturated rings. The van der Waals surface area contributed by atoms with Crippen molar-refractivity contribution < 1.29 is 14.6 Å². The zero-order valence-corrected chi connectivity index (χ0v) is 20.2. The van der Waals surface area contributed by atoms with Crippen LogP contribution in [-0.2, 0) is 5.41 Å². The van der Waals surface area contributed by atoms with E-state index < -0.39 is 0 Å². The van der Waals surface area contributed by atoms with E-state index >= 15 is 0 Å². The number of unbranched alkanes of at least 4 members (excludes halogenated alkanes) is 3. The maximum atomic E-state index is 9.98. The summed E-state index contributed by atoms with van der Waals surface area (Å²) in [4.78, 5) is 0. The molecule has 4 rings (SSSR count). The summed E-state index contributed by atoms with van der Waals surface area (Å²) >= 11 is 0. The first-order chi connectivity index (χ1) is 14.2. The molecule has 30 heavy (non-hydrogen) atoms. The molecule has 0 radical (unpaired) electrons. The van der Waals surface area contributed by atoms with Crippen LogP contribution < -0.4 is 9.47 Å². The summed E-state index contributed by atoms with van der Waals surface area (Å²) in [7, 11) is 3.54. The summed E-state index contributed by atoms with van der Waals surface area (Å²) in [5.74, 6) is 3.12. The molecule has 3 nitrogen and oxygen atoms in total. The van der Waals surface area contributed by atoms with Crippen molar-refractivity contribution in [1.29, 1.82) is 0 Å². The van der Waals surface area contributed by atoms with Gasteiger partial charge in [0.05, 0.1) is 20.8 Å². The normalized spacial score (nSPS) is 24.8. The van der Waals surface area contributed by atoms with Gasteiger partial charge in [0.25, 0.3) is 0 Å². The molecular weight excluding hydrogens is 372 g/mol. The van der Waals surface area contributed by atoms with E-state index in [0.717, 1.165) is 29.9 Å². The first-order valence-corrected chi connectivity index (χ1v) is 11.8. The Kier molecular flexibility index (Phi) is 6.91. The molecule has 1 saturated carbocycles. The molecule has 2 unspecified atom stereocenters. The van der Waals surface area contributed by atoms with Gasteiger partial charge in [-0.3, -0.25) is 0 Å². The molecule has 0 aromatic heterocycles. The lowest BCUT2D eigenvalue weighted by molar-refractivity contribution is -0.0260. The van der Waals surface area contributed by atoms with Crippen LogP contribution in [0, 0.1) is 17.3 Å². The van der Waals surface area contributed by atoms with Crippen molar-refractivity contribution in [2.75, 3.05) is 20.8 Å². The van der Waals surface area contributed by atoms with Crippen LogP contribution in [0.25, 0.3) is 0 Å². The topological polar surface area (TPSA) is 38.7 Å². The molecule has 0 aliphatic heterocycles. The summed E-state index contributed by atoms with van der Waals surface area (Å²) in [6.45, 7) is 11.7. The van der Waals surface area contributed by atoms with Gasteiger partial charge in [0.2, 0.25) is 0 Å². The molecule has 0 saturated heterocycles. The maximum Gasteiger partial charge on any atom is 0.126 e. The van der Waals surface area contributed by atoms with E-state index in [2.05, 4.69) is 52.8 Å². The number of fused-ring (bicyclic) bond motifs is 1. The van der Waals surface area contributed by atoms with Crippen LogP contribution in [0.5, 0.6) is 11.5 Å². The van der Waals surface area contributed by atoms with E-state index in [4.69, 9.17) is 9.47 Å². The Hall–Kier alpha value is -1.48. The van der Waals surface area contributed by atoms with E-state index in [1.54, 1.807) is 14.2 Å². The second kappa shape index (κ2) is 8.94. The Morgan fingerprint density at radius 3 is 2.20 bits per heavy atom. The number of ether oxygens (including phenoxy) is 2. The predicted octanol–water partition coefficient (Wildman–Crippen LogP) is 6.63. The van der Waals surface area contributed by atoms with Crippen LogP contribution >= 0.6 is 0 Å². The number of aliphatic hydroxyl groups excluding tert-OH is 1. The molecule has 0 amide bonds. The fourth-order valence-corrected chi connectivity index (χ4v) is 5.90. The van der Waals surface area contributed by atoms with Crippen LogP contribution in [0.15, 0.2) is 23.8 Å². The molecule has 0 spiro atoms. The summed E-state index contributed by atoms with van der Waals surface area (Å²) in [6.07, 6.45) is 9.70. The van der Waals surface area contributed by atoms with Crippen molar-refractivity contribution in [3.8, 4) is 11.5 Å². The number of benzene rings is 1. The molecule has 1 aromatic carbocycles. The van der Waals surface area contributed by atoms with Crippen molar-refractivity contribution >= 4 is 0 Å². The van der Waals surface area contributed by atoms with Crippen LogP contribution in [0.1, 0.15) is 90.2 Å². The van der Waals surface area contributed by atoms with Crippen LogP contribution in [0.2, 0.25) is 0 Å². The Labute approximate surface area is 183 Å². The zero-order chi connectivity index (χ0) is 22.1. The number of allylic oxidation sites excluding steroid dienone is 1. The van der Waals surface area contributed by atoms with E-state index in [9.17, 15) is 5.11 Å². The molecule has 3 aliphatic carbocycles. The van der Waals surface area contributed by atoms with Gasteiger partial charge in [0.1, 0.15) is 11.5 Å². The fourth-order valence-electron chi connectivity index (χ4n) is 5.90. The molecule has 3 aliphatic rings. The van der Waals surface area contributed by atoms with Gasteiger partial charge in [-0.25, -0.2) is 0 Å². The molecule has 2 bridgehead atoms. The third-order valence-electron chi connectivity index (χ3n) is 8.11. The molecule has 3 heteroatoms. The maximum absolute atomic E-state index is 9.98. The average Bonchev–Trinajstić information content (AvgIpc) is 2.74. The third kappa shape index (κ3) is 4.02. The number of rotatable bonds is 10. The standard InChI is InChI=1S/C27H42O3/c1-8-9-10-11-12-26(2,3)19-14-23(29-6)25(24(15-19)30-7)20-13-18(17-28)21-16-22(20)27(21,4)5/h13-15,20-22,28H,8-12,16-17H2,1-7H3/t20?,21?,22-/m1/s1. The summed E-state index contributed by atoms with van der Waals surface area (Å²) < 4.78 is 11.9. The van der Waals surface area contributed by atoms with Crippen molar-refractivity contribution in [3.63, 3.8) is 0 Å². The van der Waals surface area contributed by atoms with Crippen molar-refractivity contribution in [3.05, 3.63) is 34.9 Å². The Bertz CT molecular complexity index is 749. The number of hydrogen-bond donors (Lipinski definition) is 1. The van der Waals surface area contributed by atoms with Gasteiger partial charge < -0.3 is 14.6 Å². The molecule has 168 valence electrons. The summed E-state index contributed by atoms with van der Waals surface area (Å²) in [5, 5.41) is 9.98. The van der Waals surface area contributed by atoms with Gasteiger partial charge in [0, 0.05) is 11.5 Å². The second-order valence-corrected chi connectivity index (χ2v) is 10.6. The minimum atomic E-state index is 0.0757. The quantitative estimate of drug-likeness (QED) is 0.345. The highest BCUT2D eigenvalue weighted by molar-refractivity contribution is 5.55. The SMILES string of the molecule is CCCCCCC(C)(C)c1cc(OC)c(C2C=C(CO)C3C[C@H]2C3(C)C)c(OC)c1. The second-order valence-electron chi connectivity index (χ2n) is 10.6. The lowest BCUT2D eigenvalue weighted by Crippen LogP contribution is -2.51. The van der Waals surface area contributed by atoms with E-state index in [1.807, 2.05) is 0 Å². The van der Waals surface area contributed by atoms with E-state index in [-0.39, 0.29) is 23.4 Å². The van der Waals surface area contributed by atoms with E-state index in [1.165, 1.54) is 36.8 Å². The Morgan fingerprint density at radius 1 is 1.07 bits per heavy atom. The number of aliphatic hydroxyl groups is 1. The first-order valence-electron chi connectivity index (χ1n) is 11.8. The highest BCUT2D eigenvalue weighted by Gasteiger charge is 2.56. The first kappa shape index (κ1) is 23.2. The lowest BCUT2D eigenvalue weighted by atomic mass is 9.45. The number of methoxy groups -OCH3 is 2. The monoisotopic (exact) mass is 414 g/mol. The van der Waals surface area contributed by atoms with Gasteiger partial charge >= 0.3 is 0 Å². The summed E-state index contributed by atoms with van der Waals surface area (Å²) in [6, 6.07) is 4.48. The van der Waals surface area contributed by atoms with Gasteiger partial charge in [-0.2, -0.15) is 0 Å². The minimum Gasteiger partial charge on any atom is -0.496 e. The lowest BCUT2D eigenvalue weighted by Gasteiger charge is -2.59. The van der Waals surface area contributed by atoms with Crippen LogP contribution in [0.4, 0.5) is 0 Å². The van der Waals surface area contributed by atoms with Crippen molar-refractivity contribution in [2.24, 2.45) is 17.3 Å². The number of hydrogen-bond acceptors (Lipinski definition) is 3. The highest BCUT2D eigenvalue weighted by Crippen LogP contribution is 2.65. The Balaban J connectivity index is 1.99. The average molecular weight is 415 g/mol. The van der Waals surface area contributed by atoms with Crippen molar-refractivity contribution in [1.82, 2.24) is 0 Å². The molecule has 1 N–H and O–H groups in total. The molecule has 3 atom stereocenters. The van der Waals surface area contributed by atoms with Gasteiger partial charge in [-0.05, 0) is 58.8 Å². The zero-order valence-electron chi connectivity index (χ0n) is 20.2. The third-order valence-corrected chi connectivity index (χ3v) is 8.11. The van der Waals surface area contributed by atoms with Crippen LogP contribution in [0.3, 0.4) is 0 Å².